The van der Waals surface area contributed by atoms with Gasteiger partial charge in [-0.05, 0) is 37.0 Å². The van der Waals surface area contributed by atoms with E-state index in [-0.39, 0.29) is 0 Å². The van der Waals surface area contributed by atoms with Crippen molar-refractivity contribution in [1.29, 1.82) is 0 Å². The molecule has 0 saturated carbocycles. The van der Waals surface area contributed by atoms with Gasteiger partial charge in [-0.15, -0.1) is 0 Å². The lowest BCUT2D eigenvalue weighted by atomic mass is 10.1. The highest BCUT2D eigenvalue weighted by atomic mass is 15.2. The van der Waals surface area contributed by atoms with Gasteiger partial charge in [-0.1, -0.05) is 39.3 Å². The van der Waals surface area contributed by atoms with E-state index >= 15 is 0 Å². The maximum absolute atomic E-state index is 4.88. The summed E-state index contributed by atoms with van der Waals surface area (Å²) < 4.78 is 0. The SMILES string of the molecule is CC1=CCN(c2cc(CNC(C)C)cc(C(C)C)n2)CC1. The quantitative estimate of drug-likeness (QED) is 0.834. The van der Waals surface area contributed by atoms with E-state index in [4.69, 9.17) is 4.98 Å². The van der Waals surface area contributed by atoms with E-state index in [1.165, 1.54) is 16.8 Å². The van der Waals surface area contributed by atoms with Crippen LogP contribution in [-0.2, 0) is 6.54 Å². The van der Waals surface area contributed by atoms with Gasteiger partial charge in [0.2, 0.25) is 0 Å². The molecule has 1 aromatic heterocycles. The van der Waals surface area contributed by atoms with Crippen molar-refractivity contribution >= 4 is 5.82 Å². The number of nitrogens with one attached hydrogen (secondary N) is 1. The zero-order valence-corrected chi connectivity index (χ0v) is 14.1. The number of rotatable bonds is 5. The Hall–Kier alpha value is -1.35. The molecule has 1 aliphatic heterocycles. The van der Waals surface area contributed by atoms with Crippen molar-refractivity contribution < 1.29 is 0 Å². The summed E-state index contributed by atoms with van der Waals surface area (Å²) in [6, 6.07) is 4.99. The van der Waals surface area contributed by atoms with Gasteiger partial charge in [0.15, 0.2) is 0 Å². The van der Waals surface area contributed by atoms with Gasteiger partial charge in [-0.2, -0.15) is 0 Å². The van der Waals surface area contributed by atoms with Crippen molar-refractivity contribution in [2.75, 3.05) is 18.0 Å². The highest BCUT2D eigenvalue weighted by Crippen LogP contribution is 2.23. The van der Waals surface area contributed by atoms with E-state index in [1.807, 2.05) is 0 Å². The van der Waals surface area contributed by atoms with E-state index in [0.717, 1.165) is 31.9 Å². The Balaban J connectivity index is 2.23. The Morgan fingerprint density at radius 1 is 1.24 bits per heavy atom. The molecule has 0 fully saturated rings. The minimum Gasteiger partial charge on any atom is -0.353 e. The van der Waals surface area contributed by atoms with Crippen molar-refractivity contribution in [1.82, 2.24) is 10.3 Å². The predicted octanol–water partition coefficient (Wildman–Crippen LogP) is 3.86. The van der Waals surface area contributed by atoms with Crippen molar-refractivity contribution in [3.8, 4) is 0 Å². The van der Waals surface area contributed by atoms with Crippen LogP contribution < -0.4 is 10.2 Å². The van der Waals surface area contributed by atoms with Gasteiger partial charge >= 0.3 is 0 Å². The first-order valence-electron chi connectivity index (χ1n) is 8.10. The third-order valence-corrected chi connectivity index (χ3v) is 3.96. The first-order valence-corrected chi connectivity index (χ1v) is 8.10. The summed E-state index contributed by atoms with van der Waals surface area (Å²) in [5, 5.41) is 3.51. The molecule has 21 heavy (non-hydrogen) atoms. The molecule has 2 heterocycles. The fourth-order valence-electron chi connectivity index (χ4n) is 2.45. The second-order valence-electron chi connectivity index (χ2n) is 6.70. The molecule has 116 valence electrons. The molecule has 0 aromatic carbocycles. The second-order valence-corrected chi connectivity index (χ2v) is 6.70. The van der Waals surface area contributed by atoms with Crippen LogP contribution in [0.3, 0.4) is 0 Å². The molecule has 0 aliphatic carbocycles. The smallest absolute Gasteiger partial charge is 0.129 e. The lowest BCUT2D eigenvalue weighted by molar-refractivity contribution is 0.587. The maximum atomic E-state index is 4.88. The molecule has 0 saturated heterocycles. The van der Waals surface area contributed by atoms with Crippen molar-refractivity contribution in [3.63, 3.8) is 0 Å². The summed E-state index contributed by atoms with van der Waals surface area (Å²) in [7, 11) is 0. The highest BCUT2D eigenvalue weighted by molar-refractivity contribution is 5.45. The van der Waals surface area contributed by atoms with Crippen molar-refractivity contribution in [2.45, 2.75) is 59.5 Å². The number of nitrogens with zero attached hydrogens (tertiary/aromatic N) is 2. The van der Waals surface area contributed by atoms with Gasteiger partial charge in [-0.3, -0.25) is 0 Å². The Bertz CT molecular complexity index is 503. The Kier molecular flexibility index (Phi) is 5.40. The van der Waals surface area contributed by atoms with E-state index in [0.29, 0.717) is 12.0 Å². The predicted molar refractivity (Wildman–Crippen MR) is 90.9 cm³/mol. The van der Waals surface area contributed by atoms with E-state index < -0.39 is 0 Å². The first-order chi connectivity index (χ1) is 9.95. The minimum atomic E-state index is 0.463. The van der Waals surface area contributed by atoms with Crippen LogP contribution in [0.25, 0.3) is 0 Å². The molecule has 0 atom stereocenters. The number of hydrogen-bond acceptors (Lipinski definition) is 3. The van der Waals surface area contributed by atoms with Gasteiger partial charge in [0, 0.05) is 31.4 Å². The molecule has 0 unspecified atom stereocenters. The normalized spacial score (nSPS) is 15.8. The average molecular weight is 287 g/mol. The molecule has 3 nitrogen and oxygen atoms in total. The maximum Gasteiger partial charge on any atom is 0.129 e. The third-order valence-electron chi connectivity index (χ3n) is 3.96. The Labute approximate surface area is 129 Å². The molecule has 1 N–H and O–H groups in total. The monoisotopic (exact) mass is 287 g/mol. The fourth-order valence-corrected chi connectivity index (χ4v) is 2.45. The molecule has 1 aliphatic rings. The average Bonchev–Trinajstić information content (AvgIpc) is 2.45. The van der Waals surface area contributed by atoms with Gasteiger partial charge in [0.25, 0.3) is 0 Å². The third kappa shape index (κ3) is 4.57. The van der Waals surface area contributed by atoms with E-state index in [9.17, 15) is 0 Å². The lowest BCUT2D eigenvalue weighted by Gasteiger charge is -2.28. The summed E-state index contributed by atoms with van der Waals surface area (Å²) in [4.78, 5) is 7.26. The van der Waals surface area contributed by atoms with Gasteiger partial charge in [0.05, 0.1) is 0 Å². The van der Waals surface area contributed by atoms with Crippen LogP contribution in [0.4, 0.5) is 5.82 Å². The van der Waals surface area contributed by atoms with Crippen LogP contribution in [-0.4, -0.2) is 24.1 Å². The van der Waals surface area contributed by atoms with Gasteiger partial charge < -0.3 is 10.2 Å². The van der Waals surface area contributed by atoms with Gasteiger partial charge in [0.1, 0.15) is 5.82 Å². The van der Waals surface area contributed by atoms with Crippen LogP contribution in [0.5, 0.6) is 0 Å². The van der Waals surface area contributed by atoms with Crippen molar-refractivity contribution in [2.24, 2.45) is 0 Å². The van der Waals surface area contributed by atoms with Crippen molar-refractivity contribution in [3.05, 3.63) is 35.0 Å². The molecule has 0 spiro atoms. The molecular weight excluding hydrogens is 258 g/mol. The number of hydrogen-bond donors (Lipinski definition) is 1. The summed E-state index contributed by atoms with van der Waals surface area (Å²) in [5.74, 6) is 1.59. The summed E-state index contributed by atoms with van der Waals surface area (Å²) in [6.45, 7) is 14.0. The summed E-state index contributed by atoms with van der Waals surface area (Å²) in [5.41, 5.74) is 4.02. The van der Waals surface area contributed by atoms with Crippen LogP contribution in [0, 0.1) is 0 Å². The number of anilines is 1. The highest BCUT2D eigenvalue weighted by Gasteiger charge is 2.14. The van der Waals surface area contributed by atoms with E-state index in [2.05, 4.69) is 63.0 Å². The Morgan fingerprint density at radius 3 is 2.57 bits per heavy atom. The standard InChI is InChI=1S/C18H29N3/c1-13(2)17-10-16(12-19-14(3)4)11-18(20-17)21-8-6-15(5)7-9-21/h6,10-11,13-14,19H,7-9,12H2,1-5H3. The first kappa shape index (κ1) is 16.0. The second kappa shape index (κ2) is 7.08. The molecular formula is C18H29N3. The fraction of sp³-hybridized carbons (Fsp3) is 0.611. The summed E-state index contributed by atoms with van der Waals surface area (Å²) >= 11 is 0. The Morgan fingerprint density at radius 2 is 2.00 bits per heavy atom. The molecule has 1 aromatic rings. The number of aromatic nitrogens is 1. The molecule has 0 amide bonds. The zero-order valence-electron chi connectivity index (χ0n) is 14.1. The topological polar surface area (TPSA) is 28.2 Å². The van der Waals surface area contributed by atoms with Crippen LogP contribution >= 0.6 is 0 Å². The van der Waals surface area contributed by atoms with E-state index in [1.54, 1.807) is 0 Å². The molecule has 0 radical (unpaired) electrons. The molecule has 0 bridgehead atoms. The largest absolute Gasteiger partial charge is 0.353 e. The van der Waals surface area contributed by atoms with Gasteiger partial charge in [-0.25, -0.2) is 4.98 Å². The van der Waals surface area contributed by atoms with Crippen LogP contribution in [0.15, 0.2) is 23.8 Å². The molecule has 3 heteroatoms. The molecule has 2 rings (SSSR count). The summed E-state index contributed by atoms with van der Waals surface area (Å²) in [6.07, 6.45) is 3.46. The number of pyridine rings is 1. The zero-order chi connectivity index (χ0) is 15.4. The minimum absolute atomic E-state index is 0.463. The van der Waals surface area contributed by atoms with Crippen LogP contribution in [0.2, 0.25) is 0 Å². The van der Waals surface area contributed by atoms with Crippen LogP contribution in [0.1, 0.15) is 58.2 Å². The lowest BCUT2D eigenvalue weighted by Crippen LogP contribution is -2.29.